The fourth-order valence-corrected chi connectivity index (χ4v) is 16.4. The summed E-state index contributed by atoms with van der Waals surface area (Å²) in [6.07, 6.45) is 25.6. The van der Waals surface area contributed by atoms with Crippen molar-refractivity contribution in [1.82, 2.24) is 0 Å². The quantitative estimate of drug-likeness (QED) is 0.0509. The van der Waals surface area contributed by atoms with Crippen molar-refractivity contribution in [2.75, 3.05) is 39.6 Å². The first-order valence-electron chi connectivity index (χ1n) is 35.1. The van der Waals surface area contributed by atoms with E-state index >= 15 is 0 Å². The smallest absolute Gasteiger partial charge is 0.128 e. The van der Waals surface area contributed by atoms with E-state index in [0.717, 1.165) is 255 Å². The van der Waals surface area contributed by atoms with E-state index in [-0.39, 0.29) is 39.6 Å². The van der Waals surface area contributed by atoms with Crippen LogP contribution in [0.5, 0.6) is 34.5 Å². The van der Waals surface area contributed by atoms with E-state index in [1.807, 2.05) is 0 Å². The standard InChI is InChI=1S/C84H96O9/c1-52(43-85)46-88-73-37-31-58-19-7-13-25-64(58)79(73)82-67-28-16-10-22-61(67)34-40-76(82)91-49-70-55(4)71(50-92-77-41-35-62-23-11-17-29-68(62)83(77)80-65-26-14-8-20-59(65)32-38-74(80)89-47-53(2)44-86)57(6)72(56(70)5)51-93-78-42-36-63-24-12-18-30-69(63)84(78)81-66-27-15-9-21-60(66)33-39-75(81)90-48-54(3)45-87/h31-42,85-87H,1-3,7-30,43-51H2,4-6H3. The van der Waals surface area contributed by atoms with Crippen molar-refractivity contribution in [2.24, 2.45) is 0 Å². The van der Waals surface area contributed by atoms with E-state index < -0.39 is 0 Å². The minimum absolute atomic E-state index is 0.130. The van der Waals surface area contributed by atoms with Crippen molar-refractivity contribution in [3.63, 3.8) is 0 Å². The van der Waals surface area contributed by atoms with Gasteiger partial charge in [-0.3, -0.25) is 0 Å². The van der Waals surface area contributed by atoms with Crippen LogP contribution in [0.4, 0.5) is 0 Å². The van der Waals surface area contributed by atoms with Gasteiger partial charge in [-0.05, 0) is 328 Å². The first kappa shape index (κ1) is 64.2. The van der Waals surface area contributed by atoms with Gasteiger partial charge in [-0.2, -0.15) is 0 Å². The molecule has 0 saturated carbocycles. The van der Waals surface area contributed by atoms with Crippen molar-refractivity contribution in [3.05, 3.63) is 209 Å². The highest BCUT2D eigenvalue weighted by Gasteiger charge is 2.32. The molecule has 9 nitrogen and oxygen atoms in total. The summed E-state index contributed by atoms with van der Waals surface area (Å²) in [7, 11) is 0. The average Bonchev–Trinajstić information content (AvgIpc) is 0.781. The Bertz CT molecular complexity index is 3580. The molecule has 0 aromatic heterocycles. The SMILES string of the molecule is C=C(CO)COc1ccc2c(c1-c1c(OCc3c(C)c(COc4ccc5c(c4-c4c(OCC(=C)CO)ccc6c4CCCC6)CCCC5)c(C)c(COc4ccc5c(c4-c4c(OCC(=C)CO)ccc6c4CCCC6)CCCC5)c3C)ccc3c1CCCC3)CCCC2. The van der Waals surface area contributed by atoms with Crippen molar-refractivity contribution in [2.45, 2.75) is 195 Å². The minimum Gasteiger partial charge on any atom is -0.489 e. The lowest BCUT2D eigenvalue weighted by atomic mass is 9.80. The Balaban J connectivity index is 0.947. The maximum Gasteiger partial charge on any atom is 0.128 e. The van der Waals surface area contributed by atoms with E-state index in [4.69, 9.17) is 28.4 Å². The van der Waals surface area contributed by atoms with Gasteiger partial charge in [0.25, 0.3) is 0 Å². The maximum absolute atomic E-state index is 10.1. The number of benzene rings is 7. The van der Waals surface area contributed by atoms with Crippen LogP contribution in [0.15, 0.2) is 109 Å². The summed E-state index contributed by atoms with van der Waals surface area (Å²) in [5.41, 5.74) is 31.8. The van der Waals surface area contributed by atoms with Crippen LogP contribution in [0.3, 0.4) is 0 Å². The molecule has 0 heterocycles. The molecule has 6 aliphatic carbocycles. The summed E-state index contributed by atoms with van der Waals surface area (Å²) < 4.78 is 42.6. The molecule has 0 atom stereocenters. The van der Waals surface area contributed by atoms with Crippen molar-refractivity contribution in [1.29, 1.82) is 0 Å². The third-order valence-electron chi connectivity index (χ3n) is 21.5. The van der Waals surface area contributed by atoms with Crippen LogP contribution < -0.4 is 28.4 Å². The zero-order chi connectivity index (χ0) is 64.1. The van der Waals surface area contributed by atoms with E-state index in [9.17, 15) is 15.3 Å². The third-order valence-corrected chi connectivity index (χ3v) is 21.5. The van der Waals surface area contributed by atoms with Gasteiger partial charge in [-0.25, -0.2) is 0 Å². The van der Waals surface area contributed by atoms with Gasteiger partial charge in [0.05, 0.1) is 19.8 Å². The molecule has 7 aromatic rings. The molecule has 0 radical (unpaired) electrons. The first-order chi connectivity index (χ1) is 45.5. The number of rotatable bonds is 24. The van der Waals surface area contributed by atoms with Crippen LogP contribution in [0.1, 0.15) is 177 Å². The number of hydrogen-bond donors (Lipinski definition) is 3. The number of fused-ring (bicyclic) bond motifs is 6. The first-order valence-corrected chi connectivity index (χ1v) is 35.1. The molecule has 0 fully saturated rings. The topological polar surface area (TPSA) is 116 Å². The van der Waals surface area contributed by atoms with Crippen LogP contribution in [-0.2, 0) is 96.9 Å². The maximum atomic E-state index is 10.1. The lowest BCUT2D eigenvalue weighted by Gasteiger charge is -2.29. The number of ether oxygens (including phenoxy) is 6. The molecule has 486 valence electrons. The van der Waals surface area contributed by atoms with E-state index in [1.54, 1.807) is 0 Å². The Kier molecular flexibility index (Phi) is 20.0. The molecule has 0 unspecified atom stereocenters. The summed E-state index contributed by atoms with van der Waals surface area (Å²) in [4.78, 5) is 0. The molecule has 0 saturated heterocycles. The average molecular weight is 1250 g/mol. The fourth-order valence-electron chi connectivity index (χ4n) is 16.4. The van der Waals surface area contributed by atoms with E-state index in [0.29, 0.717) is 36.5 Å². The fraction of sp³-hybridized carbons (Fsp3) is 0.429. The molecule has 0 spiro atoms. The third kappa shape index (κ3) is 13.2. The second-order valence-corrected chi connectivity index (χ2v) is 27.5. The van der Waals surface area contributed by atoms with Crippen molar-refractivity contribution in [3.8, 4) is 67.9 Å². The lowest BCUT2D eigenvalue weighted by molar-refractivity contribution is 0.286. The Morgan fingerprint density at radius 3 is 0.656 bits per heavy atom. The zero-order valence-electron chi connectivity index (χ0n) is 55.7. The highest BCUT2D eigenvalue weighted by atomic mass is 16.5. The molecular formula is C84H96O9. The lowest BCUT2D eigenvalue weighted by Crippen LogP contribution is -2.16. The van der Waals surface area contributed by atoms with Gasteiger partial charge in [0.15, 0.2) is 0 Å². The summed E-state index contributed by atoms with van der Waals surface area (Å²) in [6, 6.07) is 26.8. The van der Waals surface area contributed by atoms with Gasteiger partial charge in [0.1, 0.15) is 74.1 Å². The molecule has 7 aromatic carbocycles. The highest BCUT2D eigenvalue weighted by Crippen LogP contribution is 2.52. The summed E-state index contributed by atoms with van der Waals surface area (Å²) in [5, 5.41) is 30.3. The number of aliphatic hydroxyl groups excluding tert-OH is 3. The van der Waals surface area contributed by atoms with Gasteiger partial charge >= 0.3 is 0 Å². The Morgan fingerprint density at radius 1 is 0.280 bits per heavy atom. The van der Waals surface area contributed by atoms with Gasteiger partial charge in [-0.1, -0.05) is 56.1 Å². The minimum atomic E-state index is -0.130. The van der Waals surface area contributed by atoms with Crippen LogP contribution in [0.2, 0.25) is 0 Å². The van der Waals surface area contributed by atoms with Crippen molar-refractivity contribution < 1.29 is 43.7 Å². The largest absolute Gasteiger partial charge is 0.489 e. The summed E-state index contributed by atoms with van der Waals surface area (Å²) in [5.74, 6) is 5.00. The Hall–Kier alpha value is -7.56. The van der Waals surface area contributed by atoms with Gasteiger partial charge < -0.3 is 43.7 Å². The molecule has 0 aliphatic heterocycles. The number of aryl methyl sites for hydroxylation is 6. The summed E-state index contributed by atoms with van der Waals surface area (Å²) >= 11 is 0. The Labute approximate surface area is 552 Å². The molecule has 6 aliphatic rings. The predicted molar refractivity (Wildman–Crippen MR) is 374 cm³/mol. The van der Waals surface area contributed by atoms with E-state index in [1.165, 1.54) is 66.8 Å². The summed E-state index contributed by atoms with van der Waals surface area (Å²) in [6.45, 7) is 20.4. The van der Waals surface area contributed by atoms with Gasteiger partial charge in [-0.15, -0.1) is 0 Å². The molecular weight excluding hydrogens is 1150 g/mol. The normalized spacial score (nSPS) is 15.5. The second kappa shape index (κ2) is 29.0. The molecule has 13 rings (SSSR count). The number of hydrogen-bond acceptors (Lipinski definition) is 9. The van der Waals surface area contributed by atoms with Crippen LogP contribution >= 0.6 is 0 Å². The molecule has 0 amide bonds. The van der Waals surface area contributed by atoms with Gasteiger partial charge in [0.2, 0.25) is 0 Å². The second-order valence-electron chi connectivity index (χ2n) is 27.5. The van der Waals surface area contributed by atoms with Crippen LogP contribution in [0, 0.1) is 20.8 Å². The molecule has 3 N–H and O–H groups in total. The van der Waals surface area contributed by atoms with E-state index in [2.05, 4.69) is 113 Å². The highest BCUT2D eigenvalue weighted by molar-refractivity contribution is 5.86. The number of aliphatic hydroxyl groups is 3. The van der Waals surface area contributed by atoms with Crippen LogP contribution in [0.25, 0.3) is 33.4 Å². The van der Waals surface area contributed by atoms with Crippen molar-refractivity contribution >= 4 is 0 Å². The predicted octanol–water partition coefficient (Wildman–Crippen LogP) is 17.4. The Morgan fingerprint density at radius 2 is 0.462 bits per heavy atom. The van der Waals surface area contributed by atoms with Crippen LogP contribution in [-0.4, -0.2) is 55.0 Å². The zero-order valence-corrected chi connectivity index (χ0v) is 55.7. The molecule has 0 bridgehead atoms. The molecule has 9 heteroatoms. The van der Waals surface area contributed by atoms with Gasteiger partial charge in [0, 0.05) is 33.4 Å². The molecule has 93 heavy (non-hydrogen) atoms. The monoisotopic (exact) mass is 1250 g/mol.